The summed E-state index contributed by atoms with van der Waals surface area (Å²) in [5.74, 6) is 0.789. The van der Waals surface area contributed by atoms with Gasteiger partial charge in [-0.25, -0.2) is 4.68 Å². The van der Waals surface area contributed by atoms with Crippen molar-refractivity contribution in [2.24, 2.45) is 0 Å². The van der Waals surface area contributed by atoms with Crippen LogP contribution in [0.15, 0.2) is 6.20 Å². The first kappa shape index (κ1) is 7.35. The number of nitrogens with two attached hydrogens (primary N) is 1. The number of nitrogens with zero attached hydrogens (tertiary/aromatic N) is 2. The maximum absolute atomic E-state index is 5.78. The average Bonchev–Trinajstić information content (AvgIpc) is 2.15. The number of hydrogen-bond donors (Lipinski definition) is 2. The van der Waals surface area contributed by atoms with Crippen molar-refractivity contribution in [3.63, 3.8) is 0 Å². The van der Waals surface area contributed by atoms with Gasteiger partial charge in [0.25, 0.3) is 0 Å². The molecule has 0 amide bonds. The summed E-state index contributed by atoms with van der Waals surface area (Å²) in [5, 5.41) is 7.36. The molecule has 0 spiro atoms. The normalized spacial score (nSPS) is 18.3. The highest BCUT2D eigenvalue weighted by molar-refractivity contribution is 14.1. The zero-order valence-corrected chi connectivity index (χ0v) is 8.08. The van der Waals surface area contributed by atoms with Crippen molar-refractivity contribution < 1.29 is 0 Å². The second-order valence-electron chi connectivity index (χ2n) is 2.63. The lowest BCUT2D eigenvalue weighted by molar-refractivity contribution is 0.322. The molecule has 11 heavy (non-hydrogen) atoms. The highest BCUT2D eigenvalue weighted by atomic mass is 127. The molecular weight excluding hydrogens is 255 g/mol. The topological polar surface area (TPSA) is 55.9 Å². The molecule has 2 rings (SSSR count). The Morgan fingerprint density at radius 3 is 2.82 bits per heavy atom. The van der Waals surface area contributed by atoms with Crippen molar-refractivity contribution in [1.82, 2.24) is 15.1 Å². The SMILES string of the molecule is Nc1c(I)cnn1C1CNC1. The van der Waals surface area contributed by atoms with Gasteiger partial charge < -0.3 is 11.1 Å². The van der Waals surface area contributed by atoms with Crippen molar-refractivity contribution in [3.05, 3.63) is 9.77 Å². The highest BCUT2D eigenvalue weighted by Crippen LogP contribution is 2.19. The van der Waals surface area contributed by atoms with Crippen LogP contribution in [0.4, 0.5) is 5.82 Å². The number of rotatable bonds is 1. The smallest absolute Gasteiger partial charge is 0.135 e. The number of hydrogen-bond acceptors (Lipinski definition) is 3. The molecule has 0 bridgehead atoms. The monoisotopic (exact) mass is 264 g/mol. The predicted octanol–water partition coefficient (Wildman–Crippen LogP) is 0.214. The van der Waals surface area contributed by atoms with Gasteiger partial charge in [0, 0.05) is 13.1 Å². The molecule has 0 aromatic carbocycles. The van der Waals surface area contributed by atoms with Gasteiger partial charge in [0.2, 0.25) is 0 Å². The zero-order chi connectivity index (χ0) is 7.84. The van der Waals surface area contributed by atoms with Crippen molar-refractivity contribution in [1.29, 1.82) is 0 Å². The van der Waals surface area contributed by atoms with E-state index in [1.807, 2.05) is 4.68 Å². The molecule has 1 aromatic rings. The predicted molar refractivity (Wildman–Crippen MR) is 51.3 cm³/mol. The van der Waals surface area contributed by atoms with Crippen LogP contribution in [0.3, 0.4) is 0 Å². The first-order valence-electron chi connectivity index (χ1n) is 3.48. The fourth-order valence-electron chi connectivity index (χ4n) is 1.09. The van der Waals surface area contributed by atoms with Crippen molar-refractivity contribution >= 4 is 28.4 Å². The van der Waals surface area contributed by atoms with E-state index in [1.54, 1.807) is 6.20 Å². The summed E-state index contributed by atoms with van der Waals surface area (Å²) in [5.41, 5.74) is 5.78. The number of aromatic nitrogens is 2. The maximum Gasteiger partial charge on any atom is 0.135 e. The average molecular weight is 264 g/mol. The molecule has 1 aliphatic rings. The molecule has 0 saturated carbocycles. The van der Waals surface area contributed by atoms with Gasteiger partial charge in [-0.2, -0.15) is 5.10 Å². The molecular formula is C6H9IN4. The molecule has 0 unspecified atom stereocenters. The van der Waals surface area contributed by atoms with Crippen LogP contribution in [0.5, 0.6) is 0 Å². The summed E-state index contributed by atoms with van der Waals surface area (Å²) in [7, 11) is 0. The van der Waals surface area contributed by atoms with E-state index < -0.39 is 0 Å². The van der Waals surface area contributed by atoms with Gasteiger partial charge in [0.15, 0.2) is 0 Å². The van der Waals surface area contributed by atoms with E-state index in [0.29, 0.717) is 6.04 Å². The standard InChI is InChI=1S/C6H9IN4/c7-5-3-10-11(6(5)8)4-1-9-2-4/h3-4,9H,1-2,8H2. The fraction of sp³-hybridized carbons (Fsp3) is 0.500. The van der Waals surface area contributed by atoms with Gasteiger partial charge in [-0.15, -0.1) is 0 Å². The van der Waals surface area contributed by atoms with Gasteiger partial charge >= 0.3 is 0 Å². The van der Waals surface area contributed by atoms with Gasteiger partial charge in [-0.1, -0.05) is 0 Å². The summed E-state index contributed by atoms with van der Waals surface area (Å²) in [6.45, 7) is 1.98. The number of nitrogen functional groups attached to an aromatic ring is 1. The second-order valence-corrected chi connectivity index (χ2v) is 3.80. The van der Waals surface area contributed by atoms with E-state index in [4.69, 9.17) is 5.73 Å². The lowest BCUT2D eigenvalue weighted by Gasteiger charge is -2.27. The largest absolute Gasteiger partial charge is 0.383 e. The van der Waals surface area contributed by atoms with E-state index >= 15 is 0 Å². The molecule has 5 heteroatoms. The van der Waals surface area contributed by atoms with Crippen molar-refractivity contribution in [2.75, 3.05) is 18.8 Å². The molecule has 3 N–H and O–H groups in total. The molecule has 1 saturated heterocycles. The summed E-state index contributed by atoms with van der Waals surface area (Å²) < 4.78 is 2.92. The maximum atomic E-state index is 5.78. The minimum Gasteiger partial charge on any atom is -0.383 e. The first-order valence-corrected chi connectivity index (χ1v) is 4.56. The molecule has 1 fully saturated rings. The van der Waals surface area contributed by atoms with E-state index in [9.17, 15) is 0 Å². The second kappa shape index (κ2) is 2.63. The van der Waals surface area contributed by atoms with E-state index in [0.717, 1.165) is 22.5 Å². The Kier molecular flexibility index (Phi) is 1.76. The molecule has 1 aromatic heterocycles. The summed E-state index contributed by atoms with van der Waals surface area (Å²) in [4.78, 5) is 0. The minimum atomic E-state index is 0.471. The molecule has 60 valence electrons. The summed E-state index contributed by atoms with van der Waals surface area (Å²) >= 11 is 2.19. The number of nitrogens with one attached hydrogen (secondary N) is 1. The Morgan fingerprint density at radius 2 is 2.45 bits per heavy atom. The van der Waals surface area contributed by atoms with Crippen LogP contribution >= 0.6 is 22.6 Å². The minimum absolute atomic E-state index is 0.471. The van der Waals surface area contributed by atoms with Crippen LogP contribution in [0.25, 0.3) is 0 Å². The summed E-state index contributed by atoms with van der Waals surface area (Å²) in [6.07, 6.45) is 1.80. The highest BCUT2D eigenvalue weighted by Gasteiger charge is 2.21. The quantitative estimate of drug-likeness (QED) is 0.713. The van der Waals surface area contributed by atoms with Gasteiger partial charge in [0.05, 0.1) is 15.8 Å². The van der Waals surface area contributed by atoms with Crippen LogP contribution in [0.1, 0.15) is 6.04 Å². The van der Waals surface area contributed by atoms with Crippen LogP contribution in [0, 0.1) is 3.57 Å². The third-order valence-corrected chi connectivity index (χ3v) is 2.72. The third kappa shape index (κ3) is 1.12. The lowest BCUT2D eigenvalue weighted by Crippen LogP contribution is -2.44. The molecule has 0 atom stereocenters. The third-order valence-electron chi connectivity index (χ3n) is 1.89. The Hall–Kier alpha value is -0.300. The van der Waals surface area contributed by atoms with Gasteiger partial charge in [-0.3, -0.25) is 0 Å². The van der Waals surface area contributed by atoms with Gasteiger partial charge in [-0.05, 0) is 22.6 Å². The first-order chi connectivity index (χ1) is 5.29. The molecule has 0 radical (unpaired) electrons. The Bertz CT molecular complexity index is 266. The van der Waals surface area contributed by atoms with E-state index in [-0.39, 0.29) is 0 Å². The number of anilines is 1. The Balaban J connectivity index is 2.29. The lowest BCUT2D eigenvalue weighted by atomic mass is 10.2. The van der Waals surface area contributed by atoms with Crippen molar-refractivity contribution in [2.45, 2.75) is 6.04 Å². The van der Waals surface area contributed by atoms with E-state index in [1.165, 1.54) is 0 Å². The van der Waals surface area contributed by atoms with Crippen LogP contribution in [0.2, 0.25) is 0 Å². The van der Waals surface area contributed by atoms with Crippen molar-refractivity contribution in [3.8, 4) is 0 Å². The van der Waals surface area contributed by atoms with Crippen LogP contribution in [-0.4, -0.2) is 22.9 Å². The fourth-order valence-corrected chi connectivity index (χ4v) is 1.46. The molecule has 4 nitrogen and oxygen atoms in total. The van der Waals surface area contributed by atoms with Crippen LogP contribution < -0.4 is 11.1 Å². The van der Waals surface area contributed by atoms with Gasteiger partial charge in [0.1, 0.15) is 5.82 Å². The molecule has 1 aliphatic heterocycles. The Labute approximate surface area is 78.3 Å². The van der Waals surface area contributed by atoms with Crippen LogP contribution in [-0.2, 0) is 0 Å². The Morgan fingerprint density at radius 1 is 1.73 bits per heavy atom. The van der Waals surface area contributed by atoms with E-state index in [2.05, 4.69) is 33.0 Å². The summed E-state index contributed by atoms with van der Waals surface area (Å²) in [6, 6.07) is 0.471. The molecule has 2 heterocycles. The number of halogens is 1. The molecule has 0 aliphatic carbocycles. The zero-order valence-electron chi connectivity index (χ0n) is 5.92.